The number of aromatic amines is 1. The van der Waals surface area contributed by atoms with Gasteiger partial charge in [0.05, 0.1) is 23.5 Å². The highest BCUT2D eigenvalue weighted by Crippen LogP contribution is 2.37. The van der Waals surface area contributed by atoms with Gasteiger partial charge in [0.15, 0.2) is 10.5 Å². The molecule has 2 aromatic rings. The zero-order valence-corrected chi connectivity index (χ0v) is 16.6. The first kappa shape index (κ1) is 20.6. The Kier molecular flexibility index (Phi) is 5.48. The summed E-state index contributed by atoms with van der Waals surface area (Å²) in [5.41, 5.74) is -1.75. The smallest absolute Gasteiger partial charge is 0.289 e. The largest absolute Gasteiger partial charge is 0.612 e. The van der Waals surface area contributed by atoms with Crippen LogP contribution in [0.25, 0.3) is 0 Å². The topological polar surface area (TPSA) is 161 Å². The van der Waals surface area contributed by atoms with Gasteiger partial charge >= 0.3 is 0 Å². The maximum absolute atomic E-state index is 13.2. The van der Waals surface area contributed by atoms with E-state index in [1.54, 1.807) is 12.5 Å². The van der Waals surface area contributed by atoms with E-state index in [4.69, 9.17) is 11.6 Å². The number of H-pyrrole nitrogens is 1. The fourth-order valence-electron chi connectivity index (χ4n) is 3.20. The second-order valence-electron chi connectivity index (χ2n) is 6.33. The number of Topliss-reactive ketones (excluding diaryl/α,β-unsaturated/α-hetero) is 1. The number of nitro groups is 1. The Hall–Kier alpha value is -3.12. The summed E-state index contributed by atoms with van der Waals surface area (Å²) in [6, 6.07) is 5.96. The van der Waals surface area contributed by atoms with Crippen LogP contribution in [0, 0.1) is 25.4 Å². The van der Waals surface area contributed by atoms with E-state index in [9.17, 15) is 30.2 Å². The van der Waals surface area contributed by atoms with Crippen LogP contribution in [0.3, 0.4) is 0 Å². The Morgan fingerprint density at radius 1 is 1.28 bits per heavy atom. The van der Waals surface area contributed by atoms with Crippen molar-refractivity contribution in [3.8, 4) is 0 Å². The van der Waals surface area contributed by atoms with Crippen LogP contribution < -0.4 is 4.60 Å². The molecular formula is C16H14ClN4O7S+. The van der Waals surface area contributed by atoms with Crippen molar-refractivity contribution in [1.29, 1.82) is 0 Å². The molecule has 2 unspecified atom stereocenters. The van der Waals surface area contributed by atoms with E-state index in [2.05, 4.69) is 9.79 Å². The molecule has 1 heterocycles. The minimum Gasteiger partial charge on any atom is -0.612 e. The number of allylic oxidation sites excluding steroid dienone is 2. The van der Waals surface area contributed by atoms with E-state index in [0.29, 0.717) is 5.02 Å². The SMILES string of the molecule is C[S+](C)C(C(=O)c1ccc(Cl)cc1)C1C([N+](=O)[O-])=CC(=[N+]([O-])[O-])c2[nH]o[n+](=O)c21. The molecule has 0 bridgehead atoms. The number of carbonyl (C=O) groups is 1. The maximum atomic E-state index is 13.2. The highest BCUT2D eigenvalue weighted by Gasteiger charge is 2.56. The molecule has 1 aromatic carbocycles. The second kappa shape index (κ2) is 7.72. The maximum Gasteiger partial charge on any atom is 0.289 e. The minimum absolute atomic E-state index is 0.0605. The number of nitrogens with one attached hydrogen (secondary N) is 1. The number of benzene rings is 1. The Morgan fingerprint density at radius 2 is 1.90 bits per heavy atom. The standard InChI is InChI=1S/C16H14ClN4O7S/c1-29(2)16(15(22)8-3-5-9(17)6-4-8)12-10(19(23)24)7-11(20(25)26)13-14(12)21(27)28-18-13/h3-7,12,16H,1-2H3,(H-,18,25,26,27)/q+1. The molecule has 0 aliphatic heterocycles. The Morgan fingerprint density at radius 3 is 2.41 bits per heavy atom. The third kappa shape index (κ3) is 3.63. The van der Waals surface area contributed by atoms with Gasteiger partial charge < -0.3 is 10.4 Å². The van der Waals surface area contributed by atoms with Crippen molar-refractivity contribution in [2.45, 2.75) is 11.2 Å². The number of ketones is 1. The highest BCUT2D eigenvalue weighted by atomic mass is 35.5. The molecular weight excluding hydrogens is 428 g/mol. The molecule has 1 aliphatic rings. The van der Waals surface area contributed by atoms with E-state index in [0.717, 1.165) is 6.08 Å². The molecule has 29 heavy (non-hydrogen) atoms. The minimum atomic E-state index is -1.35. The Bertz CT molecular complexity index is 1100. The van der Waals surface area contributed by atoms with E-state index < -0.39 is 49.1 Å². The summed E-state index contributed by atoms with van der Waals surface area (Å²) in [6.45, 7) is 0. The number of rotatable bonds is 5. The molecule has 1 N–H and O–H groups in total. The average molecular weight is 442 g/mol. The summed E-state index contributed by atoms with van der Waals surface area (Å²) in [6.07, 6.45) is 4.15. The fraction of sp³-hybridized carbons (Fsp3) is 0.250. The van der Waals surface area contributed by atoms with Gasteiger partial charge in [-0.2, -0.15) is 4.90 Å². The summed E-state index contributed by atoms with van der Waals surface area (Å²) in [7, 11) is -0.760. The van der Waals surface area contributed by atoms with Crippen molar-refractivity contribution in [2.24, 2.45) is 0 Å². The van der Waals surface area contributed by atoms with E-state index in [1.165, 1.54) is 24.3 Å². The van der Waals surface area contributed by atoms with Crippen LogP contribution in [0.15, 0.2) is 40.7 Å². The number of hydrogen-bond acceptors (Lipinski definition) is 7. The third-order valence-electron chi connectivity index (χ3n) is 4.44. The van der Waals surface area contributed by atoms with Crippen molar-refractivity contribution >= 4 is 34.0 Å². The third-order valence-corrected chi connectivity index (χ3v) is 6.20. The summed E-state index contributed by atoms with van der Waals surface area (Å²) < 4.78 is 4.56. The van der Waals surface area contributed by atoms with Gasteiger partial charge in [0.2, 0.25) is 11.0 Å². The predicted octanol–water partition coefficient (Wildman–Crippen LogP) is 1.36. The van der Waals surface area contributed by atoms with Gasteiger partial charge in [0, 0.05) is 10.6 Å². The lowest BCUT2D eigenvalue weighted by Gasteiger charge is -2.20. The monoisotopic (exact) mass is 441 g/mol. The summed E-state index contributed by atoms with van der Waals surface area (Å²) in [4.78, 5) is 35.5. The van der Waals surface area contributed by atoms with Gasteiger partial charge in [0.25, 0.3) is 22.8 Å². The van der Waals surface area contributed by atoms with Gasteiger partial charge in [-0.1, -0.05) is 21.4 Å². The van der Waals surface area contributed by atoms with Crippen LogP contribution in [-0.4, -0.2) is 44.2 Å². The Balaban J connectivity index is 2.24. The number of aromatic nitrogens is 2. The fourth-order valence-corrected chi connectivity index (χ4v) is 4.70. The van der Waals surface area contributed by atoms with Gasteiger partial charge in [-0.3, -0.25) is 14.9 Å². The lowest BCUT2D eigenvalue weighted by molar-refractivity contribution is -0.720. The van der Waals surface area contributed by atoms with Crippen molar-refractivity contribution < 1.29 is 23.8 Å². The Labute approximate surface area is 170 Å². The highest BCUT2D eigenvalue weighted by molar-refractivity contribution is 7.96. The number of carbonyl (C=O) groups excluding carboxylic acids is 1. The van der Waals surface area contributed by atoms with Crippen molar-refractivity contribution in [3.63, 3.8) is 0 Å². The van der Waals surface area contributed by atoms with Gasteiger partial charge in [-0.15, -0.1) is 0 Å². The zero-order valence-electron chi connectivity index (χ0n) is 15.0. The number of nitrogens with zero attached hydrogens (tertiary/aromatic N) is 3. The first-order valence-corrected chi connectivity index (χ1v) is 10.5. The van der Waals surface area contributed by atoms with Crippen LogP contribution >= 0.6 is 11.6 Å². The molecule has 0 spiro atoms. The summed E-state index contributed by atoms with van der Waals surface area (Å²) in [5, 5.41) is 35.9. The number of fused-ring (bicyclic) bond motifs is 1. The molecule has 152 valence electrons. The molecule has 0 amide bonds. The molecule has 0 fully saturated rings. The average Bonchev–Trinajstić information content (AvgIpc) is 3.03. The molecule has 1 aromatic heterocycles. The normalized spacial score (nSPS) is 16.9. The summed E-state index contributed by atoms with van der Waals surface area (Å²) in [5.74, 6) is -1.80. The van der Waals surface area contributed by atoms with Crippen LogP contribution in [0.5, 0.6) is 0 Å². The quantitative estimate of drug-likeness (QED) is 0.241. The van der Waals surface area contributed by atoms with Gasteiger partial charge in [-0.25, -0.2) is 0 Å². The van der Waals surface area contributed by atoms with Gasteiger partial charge in [0.1, 0.15) is 0 Å². The molecule has 2 atom stereocenters. The van der Waals surface area contributed by atoms with Crippen molar-refractivity contribution in [3.05, 3.63) is 83.4 Å². The molecule has 3 rings (SSSR count). The first-order chi connectivity index (χ1) is 13.6. The number of halogens is 1. The van der Waals surface area contributed by atoms with Gasteiger partial charge in [-0.05, 0) is 40.1 Å². The van der Waals surface area contributed by atoms with Crippen LogP contribution in [-0.2, 0) is 10.9 Å². The number of hydrogen-bond donors (Lipinski definition) is 1. The lowest BCUT2D eigenvalue weighted by atomic mass is 9.86. The van der Waals surface area contributed by atoms with Crippen LogP contribution in [0.2, 0.25) is 5.02 Å². The van der Waals surface area contributed by atoms with E-state index >= 15 is 0 Å². The van der Waals surface area contributed by atoms with Crippen LogP contribution in [0.1, 0.15) is 27.7 Å². The molecule has 0 radical (unpaired) electrons. The second-order valence-corrected chi connectivity index (χ2v) is 9.03. The van der Waals surface area contributed by atoms with E-state index in [1.807, 2.05) is 0 Å². The first-order valence-electron chi connectivity index (χ1n) is 8.01. The van der Waals surface area contributed by atoms with E-state index in [-0.39, 0.29) is 21.6 Å². The molecule has 1 aliphatic carbocycles. The summed E-state index contributed by atoms with van der Waals surface area (Å²) >= 11 is 5.85. The predicted molar refractivity (Wildman–Crippen MR) is 104 cm³/mol. The molecule has 13 heteroatoms. The molecule has 11 nitrogen and oxygen atoms in total. The zero-order chi connectivity index (χ0) is 21.5. The lowest BCUT2D eigenvalue weighted by Crippen LogP contribution is -2.43. The van der Waals surface area contributed by atoms with Crippen LogP contribution in [0.4, 0.5) is 0 Å². The molecule has 0 saturated carbocycles. The molecule has 0 saturated heterocycles. The van der Waals surface area contributed by atoms with Crippen molar-refractivity contribution in [1.82, 2.24) is 5.16 Å². The van der Waals surface area contributed by atoms with Crippen molar-refractivity contribution in [2.75, 3.05) is 12.5 Å².